The van der Waals surface area contributed by atoms with Gasteiger partial charge in [-0.15, -0.1) is 0 Å². The van der Waals surface area contributed by atoms with Crippen molar-refractivity contribution in [1.29, 1.82) is 0 Å². The van der Waals surface area contributed by atoms with Gasteiger partial charge in [0.2, 0.25) is 0 Å². The molecule has 9 heteroatoms. The maximum Gasteiger partial charge on any atom is 0.168 e. The molecule has 1 aromatic rings. The van der Waals surface area contributed by atoms with Crippen LogP contribution >= 0.6 is 0 Å². The zero-order chi connectivity index (χ0) is 21.3. The van der Waals surface area contributed by atoms with E-state index in [9.17, 15) is 4.79 Å². The average Bonchev–Trinajstić information content (AvgIpc) is 2.75. The van der Waals surface area contributed by atoms with Crippen molar-refractivity contribution < 1.29 is 33.2 Å². The SMILES string of the molecule is COCCOCCOCCOCCOCCOCC1(c2nccc(C=O)n2)CCC1. The third kappa shape index (κ3) is 9.11. The van der Waals surface area contributed by atoms with E-state index in [0.717, 1.165) is 25.5 Å². The van der Waals surface area contributed by atoms with Gasteiger partial charge in [-0.2, -0.15) is 0 Å². The standard InChI is InChI=1S/C21H34N2O7/c1-25-7-8-26-9-10-27-11-12-28-13-14-29-15-16-30-18-21(4-2-5-21)20-22-6-3-19(17-24)23-20/h3,6,17H,2,4-5,7-16,18H2,1H3. The highest BCUT2D eigenvalue weighted by Gasteiger charge is 2.41. The van der Waals surface area contributed by atoms with Crippen LogP contribution in [0.1, 0.15) is 35.6 Å². The number of aldehydes is 1. The predicted octanol–water partition coefficient (Wildman–Crippen LogP) is 1.44. The monoisotopic (exact) mass is 426 g/mol. The molecule has 1 aromatic heterocycles. The minimum absolute atomic E-state index is 0.170. The fraction of sp³-hybridized carbons (Fsp3) is 0.762. The second-order valence-corrected chi connectivity index (χ2v) is 7.05. The number of hydrogen-bond acceptors (Lipinski definition) is 9. The number of carbonyl (C=O) groups is 1. The summed E-state index contributed by atoms with van der Waals surface area (Å²) in [5, 5.41) is 0. The van der Waals surface area contributed by atoms with E-state index in [2.05, 4.69) is 9.97 Å². The second-order valence-electron chi connectivity index (χ2n) is 7.05. The van der Waals surface area contributed by atoms with Gasteiger partial charge in [-0.1, -0.05) is 6.42 Å². The highest BCUT2D eigenvalue weighted by atomic mass is 16.6. The Bertz CT molecular complexity index is 584. The number of carbonyl (C=O) groups excluding carboxylic acids is 1. The first-order chi connectivity index (χ1) is 14.8. The summed E-state index contributed by atoms with van der Waals surface area (Å²) < 4.78 is 32.3. The first-order valence-corrected chi connectivity index (χ1v) is 10.5. The summed E-state index contributed by atoms with van der Waals surface area (Å²) in [4.78, 5) is 19.6. The van der Waals surface area contributed by atoms with E-state index in [1.165, 1.54) is 0 Å². The van der Waals surface area contributed by atoms with Crippen LogP contribution in [0.5, 0.6) is 0 Å². The average molecular weight is 427 g/mol. The Kier molecular flexibility index (Phi) is 12.7. The quantitative estimate of drug-likeness (QED) is 0.240. The summed E-state index contributed by atoms with van der Waals surface area (Å²) in [7, 11) is 1.64. The van der Waals surface area contributed by atoms with E-state index < -0.39 is 0 Å². The van der Waals surface area contributed by atoms with Crippen molar-refractivity contribution in [3.63, 3.8) is 0 Å². The largest absolute Gasteiger partial charge is 0.382 e. The molecular weight excluding hydrogens is 392 g/mol. The molecule has 9 nitrogen and oxygen atoms in total. The van der Waals surface area contributed by atoms with Crippen LogP contribution in [0.4, 0.5) is 0 Å². The zero-order valence-corrected chi connectivity index (χ0v) is 17.9. The van der Waals surface area contributed by atoms with Crippen LogP contribution in [0.15, 0.2) is 12.3 Å². The molecule has 1 saturated carbocycles. The molecule has 0 bridgehead atoms. The van der Waals surface area contributed by atoms with Crippen molar-refractivity contribution in [1.82, 2.24) is 9.97 Å². The normalized spacial score (nSPS) is 15.1. The number of methoxy groups -OCH3 is 1. The molecule has 0 amide bonds. The Labute approximate surface area is 178 Å². The molecular formula is C21H34N2O7. The van der Waals surface area contributed by atoms with Crippen molar-refractivity contribution in [2.45, 2.75) is 24.7 Å². The van der Waals surface area contributed by atoms with Gasteiger partial charge in [0.15, 0.2) is 6.29 Å². The van der Waals surface area contributed by atoms with Crippen molar-refractivity contribution in [2.24, 2.45) is 0 Å². The fourth-order valence-electron chi connectivity index (χ4n) is 3.02. The summed E-state index contributed by atoms with van der Waals surface area (Å²) in [5.74, 6) is 0.705. The molecule has 1 heterocycles. The van der Waals surface area contributed by atoms with Gasteiger partial charge in [0.25, 0.3) is 0 Å². The summed E-state index contributed by atoms with van der Waals surface area (Å²) in [5.41, 5.74) is 0.243. The van der Waals surface area contributed by atoms with Crippen LogP contribution in [0.2, 0.25) is 0 Å². The third-order valence-corrected chi connectivity index (χ3v) is 4.88. The van der Waals surface area contributed by atoms with Crippen LogP contribution < -0.4 is 0 Å². The lowest BCUT2D eigenvalue weighted by Crippen LogP contribution is -2.41. The van der Waals surface area contributed by atoms with Crippen LogP contribution in [-0.4, -0.2) is 96.0 Å². The molecule has 0 aliphatic heterocycles. The number of nitrogens with zero attached hydrogens (tertiary/aromatic N) is 2. The molecule has 0 spiro atoms. The number of rotatable bonds is 19. The van der Waals surface area contributed by atoms with E-state index in [4.69, 9.17) is 28.4 Å². The number of hydrogen-bond donors (Lipinski definition) is 0. The summed E-state index contributed by atoms with van der Waals surface area (Å²) in [6.07, 6.45) is 5.46. The Hall–Kier alpha value is -1.49. The summed E-state index contributed by atoms with van der Waals surface area (Å²) >= 11 is 0. The lowest BCUT2D eigenvalue weighted by atomic mass is 9.68. The van der Waals surface area contributed by atoms with Gasteiger partial charge >= 0.3 is 0 Å². The van der Waals surface area contributed by atoms with Crippen LogP contribution in [0.3, 0.4) is 0 Å². The van der Waals surface area contributed by atoms with Crippen molar-refractivity contribution in [2.75, 3.05) is 79.8 Å². The topological polar surface area (TPSA) is 98.2 Å². The van der Waals surface area contributed by atoms with Crippen molar-refractivity contribution >= 4 is 6.29 Å². The zero-order valence-electron chi connectivity index (χ0n) is 17.9. The molecule has 0 saturated heterocycles. The minimum Gasteiger partial charge on any atom is -0.382 e. The number of aromatic nitrogens is 2. The molecule has 170 valence electrons. The highest BCUT2D eigenvalue weighted by molar-refractivity contribution is 5.71. The van der Waals surface area contributed by atoms with Gasteiger partial charge in [-0.05, 0) is 18.9 Å². The first-order valence-electron chi connectivity index (χ1n) is 10.5. The molecule has 0 radical (unpaired) electrons. The molecule has 0 atom stereocenters. The van der Waals surface area contributed by atoms with Gasteiger partial charge in [0.05, 0.1) is 78.1 Å². The Balaban J connectivity index is 1.41. The highest BCUT2D eigenvalue weighted by Crippen LogP contribution is 2.42. The third-order valence-electron chi connectivity index (χ3n) is 4.88. The summed E-state index contributed by atoms with van der Waals surface area (Å²) in [6.45, 7) is 5.93. The van der Waals surface area contributed by atoms with Crippen LogP contribution in [0.25, 0.3) is 0 Å². The smallest absolute Gasteiger partial charge is 0.168 e. The van der Waals surface area contributed by atoms with E-state index in [0.29, 0.717) is 84.2 Å². The van der Waals surface area contributed by atoms with E-state index >= 15 is 0 Å². The molecule has 30 heavy (non-hydrogen) atoms. The molecule has 1 aliphatic carbocycles. The lowest BCUT2D eigenvalue weighted by Gasteiger charge is -2.40. The molecule has 2 rings (SSSR count). The van der Waals surface area contributed by atoms with Crippen molar-refractivity contribution in [3.8, 4) is 0 Å². The maximum atomic E-state index is 10.9. The molecule has 0 aromatic carbocycles. The minimum atomic E-state index is -0.170. The van der Waals surface area contributed by atoms with Crippen molar-refractivity contribution in [3.05, 3.63) is 23.8 Å². The van der Waals surface area contributed by atoms with E-state index in [-0.39, 0.29) is 5.41 Å². The van der Waals surface area contributed by atoms with Gasteiger partial charge in [0.1, 0.15) is 11.5 Å². The first kappa shape index (κ1) is 24.8. The lowest BCUT2D eigenvalue weighted by molar-refractivity contribution is -0.0230. The summed E-state index contributed by atoms with van der Waals surface area (Å²) in [6, 6.07) is 1.62. The Morgan fingerprint density at radius 2 is 1.40 bits per heavy atom. The van der Waals surface area contributed by atoms with Gasteiger partial charge in [0, 0.05) is 13.3 Å². The Morgan fingerprint density at radius 1 is 0.867 bits per heavy atom. The van der Waals surface area contributed by atoms with E-state index in [1.807, 2.05) is 0 Å². The fourth-order valence-corrected chi connectivity index (χ4v) is 3.02. The van der Waals surface area contributed by atoms with Crippen LogP contribution in [0, 0.1) is 0 Å². The van der Waals surface area contributed by atoms with Gasteiger partial charge < -0.3 is 28.4 Å². The maximum absolute atomic E-state index is 10.9. The molecule has 0 N–H and O–H groups in total. The molecule has 1 aliphatic rings. The predicted molar refractivity (Wildman–Crippen MR) is 109 cm³/mol. The second kappa shape index (κ2) is 15.3. The van der Waals surface area contributed by atoms with E-state index in [1.54, 1.807) is 19.4 Å². The Morgan fingerprint density at radius 3 is 1.87 bits per heavy atom. The van der Waals surface area contributed by atoms with Gasteiger partial charge in [-0.3, -0.25) is 4.79 Å². The van der Waals surface area contributed by atoms with Crippen LogP contribution in [-0.2, 0) is 33.8 Å². The molecule has 0 unspecified atom stereocenters. The molecule has 1 fully saturated rings. The van der Waals surface area contributed by atoms with Gasteiger partial charge in [-0.25, -0.2) is 9.97 Å². The number of ether oxygens (including phenoxy) is 6.